The van der Waals surface area contributed by atoms with Gasteiger partial charge in [-0.3, -0.25) is 19.3 Å². The summed E-state index contributed by atoms with van der Waals surface area (Å²) in [6.07, 6.45) is 0. The first-order valence-electron chi connectivity index (χ1n) is 12.0. The van der Waals surface area contributed by atoms with Crippen LogP contribution in [0.15, 0.2) is 70.6 Å². The minimum Gasteiger partial charge on any atom is -0.493 e. The number of thioether (sulfide) groups is 1. The smallest absolute Gasteiger partial charge is 0.269 e. The third kappa shape index (κ3) is 4.35. The normalized spacial score (nSPS) is 11.4. The molecule has 0 unspecified atom stereocenters. The second-order valence-corrected chi connectivity index (χ2v) is 9.77. The third-order valence-electron chi connectivity index (χ3n) is 6.37. The van der Waals surface area contributed by atoms with Gasteiger partial charge in [0.1, 0.15) is 5.65 Å². The lowest BCUT2D eigenvalue weighted by atomic mass is 10.2. The largest absolute Gasteiger partial charge is 0.493 e. The first kappa shape index (κ1) is 25.2. The van der Waals surface area contributed by atoms with E-state index in [1.165, 1.54) is 30.0 Å². The molecule has 0 aliphatic heterocycles. The van der Waals surface area contributed by atoms with Crippen molar-refractivity contribution in [2.45, 2.75) is 17.8 Å². The molecule has 200 valence electrons. The van der Waals surface area contributed by atoms with Crippen molar-refractivity contribution >= 4 is 39.6 Å². The van der Waals surface area contributed by atoms with Gasteiger partial charge >= 0.3 is 0 Å². The Balaban J connectivity index is 1.48. The van der Waals surface area contributed by atoms with E-state index in [0.29, 0.717) is 61.7 Å². The maximum atomic E-state index is 12.8. The summed E-state index contributed by atoms with van der Waals surface area (Å²) in [5.74, 6) is 1.75. The molecular weight excluding hydrogens is 534 g/mol. The van der Waals surface area contributed by atoms with Crippen LogP contribution >= 0.6 is 11.8 Å². The van der Waals surface area contributed by atoms with E-state index in [0.717, 1.165) is 5.69 Å². The van der Waals surface area contributed by atoms with Crippen molar-refractivity contribution in [1.29, 1.82) is 0 Å². The monoisotopic (exact) mass is 555 g/mol. The van der Waals surface area contributed by atoms with Gasteiger partial charge in [0.2, 0.25) is 0 Å². The molecule has 0 spiro atoms. The summed E-state index contributed by atoms with van der Waals surface area (Å²) in [5.41, 5.74) is 3.52. The first-order chi connectivity index (χ1) is 19.4. The Morgan fingerprint density at radius 2 is 1.73 bits per heavy atom. The second kappa shape index (κ2) is 9.93. The zero-order chi connectivity index (χ0) is 28.0. The summed E-state index contributed by atoms with van der Waals surface area (Å²) < 4.78 is 14.2. The van der Waals surface area contributed by atoms with E-state index >= 15 is 0 Å². The quantitative estimate of drug-likeness (QED) is 0.120. The summed E-state index contributed by atoms with van der Waals surface area (Å²) in [4.78, 5) is 37.7. The van der Waals surface area contributed by atoms with E-state index in [1.54, 1.807) is 53.5 Å². The van der Waals surface area contributed by atoms with E-state index < -0.39 is 4.92 Å². The van der Waals surface area contributed by atoms with Crippen LogP contribution < -0.4 is 15.0 Å². The van der Waals surface area contributed by atoms with Crippen LogP contribution in [-0.2, 0) is 5.75 Å². The van der Waals surface area contributed by atoms with Crippen LogP contribution in [0.2, 0.25) is 0 Å². The molecule has 0 N–H and O–H groups in total. The molecule has 6 rings (SSSR count). The number of fused-ring (bicyclic) bond motifs is 4. The number of nitro groups is 1. The van der Waals surface area contributed by atoms with Crippen LogP contribution in [0.3, 0.4) is 0 Å². The molecule has 2 aromatic carbocycles. The molecule has 40 heavy (non-hydrogen) atoms. The topological polar surface area (TPSA) is 139 Å². The Hall–Kier alpha value is -5.04. The molecule has 4 heterocycles. The SMILES string of the molecule is COc1cc2nc(SCc3cc(=O)n4c(C)cccc4n3)n3nc(-c4ccc([N+](=O)[O-])cc4)nc3c2cc1OC. The lowest BCUT2D eigenvalue weighted by Crippen LogP contribution is -2.17. The average molecular weight is 556 g/mol. The highest BCUT2D eigenvalue weighted by atomic mass is 32.2. The number of aromatic nitrogens is 6. The zero-order valence-electron chi connectivity index (χ0n) is 21.6. The Morgan fingerprint density at radius 3 is 2.45 bits per heavy atom. The Bertz CT molecular complexity index is 2000. The van der Waals surface area contributed by atoms with Crippen molar-refractivity contribution in [1.82, 2.24) is 29.0 Å². The molecule has 0 fully saturated rings. The molecule has 0 aliphatic carbocycles. The van der Waals surface area contributed by atoms with E-state index in [9.17, 15) is 14.9 Å². The van der Waals surface area contributed by atoms with Crippen molar-refractivity contribution in [2.24, 2.45) is 0 Å². The zero-order valence-corrected chi connectivity index (χ0v) is 22.4. The number of aryl methyl sites for hydroxylation is 1. The number of non-ortho nitro benzene ring substituents is 1. The highest BCUT2D eigenvalue weighted by molar-refractivity contribution is 7.98. The van der Waals surface area contributed by atoms with Gasteiger partial charge in [0.05, 0.1) is 30.4 Å². The van der Waals surface area contributed by atoms with Gasteiger partial charge in [-0.2, -0.15) is 4.52 Å². The first-order valence-corrected chi connectivity index (χ1v) is 13.0. The molecule has 4 aromatic heterocycles. The predicted octanol–water partition coefficient (Wildman–Crippen LogP) is 4.48. The molecule has 6 aromatic rings. The van der Waals surface area contributed by atoms with E-state index in [-0.39, 0.29) is 11.2 Å². The van der Waals surface area contributed by atoms with Gasteiger partial charge in [0, 0.05) is 46.7 Å². The van der Waals surface area contributed by atoms with Gasteiger partial charge in [-0.1, -0.05) is 17.8 Å². The Labute approximate surface area is 230 Å². The van der Waals surface area contributed by atoms with Gasteiger partial charge in [0.25, 0.3) is 11.2 Å². The van der Waals surface area contributed by atoms with Crippen molar-refractivity contribution in [3.8, 4) is 22.9 Å². The third-order valence-corrected chi connectivity index (χ3v) is 7.33. The van der Waals surface area contributed by atoms with E-state index in [1.807, 2.05) is 19.1 Å². The number of hydrogen-bond donors (Lipinski definition) is 0. The van der Waals surface area contributed by atoms with Gasteiger partial charge < -0.3 is 9.47 Å². The maximum Gasteiger partial charge on any atom is 0.269 e. The van der Waals surface area contributed by atoms with Crippen LogP contribution in [0.4, 0.5) is 5.69 Å². The Kier molecular flexibility index (Phi) is 6.27. The number of pyridine rings is 1. The van der Waals surface area contributed by atoms with Crippen molar-refractivity contribution in [2.75, 3.05) is 14.2 Å². The molecule has 0 atom stereocenters. The number of hydrogen-bond acceptors (Lipinski definition) is 10. The van der Waals surface area contributed by atoms with E-state index in [4.69, 9.17) is 24.5 Å². The average Bonchev–Trinajstić information content (AvgIpc) is 3.41. The Morgan fingerprint density at radius 1 is 0.975 bits per heavy atom. The molecule has 12 nitrogen and oxygen atoms in total. The molecule has 0 aliphatic rings. The highest BCUT2D eigenvalue weighted by Crippen LogP contribution is 2.35. The lowest BCUT2D eigenvalue weighted by Gasteiger charge is -2.11. The molecule has 0 amide bonds. The molecule has 0 bridgehead atoms. The maximum absolute atomic E-state index is 12.8. The van der Waals surface area contributed by atoms with Gasteiger partial charge in [-0.15, -0.1) is 5.10 Å². The fraction of sp³-hybridized carbons (Fsp3) is 0.148. The summed E-state index contributed by atoms with van der Waals surface area (Å²) in [5, 5.41) is 17.0. The van der Waals surface area contributed by atoms with Crippen LogP contribution in [0.5, 0.6) is 11.5 Å². The van der Waals surface area contributed by atoms with Crippen LogP contribution in [-0.4, -0.2) is 48.1 Å². The second-order valence-electron chi connectivity index (χ2n) is 8.83. The number of nitro benzene ring substituents is 1. The summed E-state index contributed by atoms with van der Waals surface area (Å²) in [6, 6.07) is 16.6. The van der Waals surface area contributed by atoms with Crippen LogP contribution in [0, 0.1) is 17.0 Å². The molecule has 0 saturated carbocycles. The summed E-state index contributed by atoms with van der Waals surface area (Å²) >= 11 is 1.35. The minimum absolute atomic E-state index is 0.0262. The fourth-order valence-corrected chi connectivity index (χ4v) is 5.27. The van der Waals surface area contributed by atoms with Crippen LogP contribution in [0.1, 0.15) is 11.4 Å². The van der Waals surface area contributed by atoms with Gasteiger partial charge in [0.15, 0.2) is 28.1 Å². The molecular formula is C27H21N7O5S. The fourth-order valence-electron chi connectivity index (χ4n) is 4.43. The number of nitrogens with zero attached hydrogens (tertiary/aromatic N) is 7. The molecule has 0 radical (unpaired) electrons. The van der Waals surface area contributed by atoms with Crippen LogP contribution in [0.25, 0.3) is 33.6 Å². The summed E-state index contributed by atoms with van der Waals surface area (Å²) in [6.45, 7) is 1.86. The number of methoxy groups -OCH3 is 2. The number of ether oxygens (including phenoxy) is 2. The lowest BCUT2D eigenvalue weighted by molar-refractivity contribution is -0.384. The minimum atomic E-state index is -0.458. The number of rotatable bonds is 7. The van der Waals surface area contributed by atoms with Crippen molar-refractivity contribution in [3.63, 3.8) is 0 Å². The van der Waals surface area contributed by atoms with Crippen molar-refractivity contribution < 1.29 is 14.4 Å². The number of benzene rings is 2. The van der Waals surface area contributed by atoms with E-state index in [2.05, 4.69) is 4.98 Å². The standard InChI is InChI=1S/C27H21N7O5S/c1-15-5-4-6-23-28-17(11-24(35)32(15)23)14-40-27-29-20-13-22(39-3)21(38-2)12-19(20)26-30-25(31-33(26)27)16-7-9-18(10-8-16)34(36)37/h4-13H,14H2,1-3H3. The van der Waals surface area contributed by atoms with Gasteiger partial charge in [-0.05, 0) is 37.3 Å². The highest BCUT2D eigenvalue weighted by Gasteiger charge is 2.19. The van der Waals surface area contributed by atoms with Crippen molar-refractivity contribution in [3.05, 3.63) is 92.5 Å². The molecule has 0 saturated heterocycles. The molecule has 13 heteroatoms. The summed E-state index contributed by atoms with van der Waals surface area (Å²) in [7, 11) is 3.10. The van der Waals surface area contributed by atoms with Gasteiger partial charge in [-0.25, -0.2) is 15.0 Å². The predicted molar refractivity (Wildman–Crippen MR) is 149 cm³/mol.